The third kappa shape index (κ3) is 5.32. The topological polar surface area (TPSA) is 59.1 Å². The van der Waals surface area contributed by atoms with Crippen molar-refractivity contribution in [2.45, 2.75) is 31.7 Å². The van der Waals surface area contributed by atoms with Gasteiger partial charge in [-0.25, -0.2) is 9.18 Å². The summed E-state index contributed by atoms with van der Waals surface area (Å²) in [6.07, 6.45) is 4.33. The molecule has 0 radical (unpaired) electrons. The Labute approximate surface area is 160 Å². The van der Waals surface area contributed by atoms with Crippen molar-refractivity contribution < 1.29 is 14.3 Å². The molecule has 3 rings (SSSR count). The number of amides is 2. The number of nitrogens with one attached hydrogen (secondary N) is 1. The molecule has 1 atom stereocenters. The highest BCUT2D eigenvalue weighted by molar-refractivity contribution is 5.74. The van der Waals surface area contributed by atoms with Gasteiger partial charge in [-0.1, -0.05) is 18.6 Å². The van der Waals surface area contributed by atoms with Crippen LogP contribution in [-0.4, -0.2) is 79.4 Å². The van der Waals surface area contributed by atoms with Gasteiger partial charge in [-0.05, 0) is 37.9 Å². The predicted octanol–water partition coefficient (Wildman–Crippen LogP) is 1.89. The normalized spacial score (nSPS) is 21.3. The van der Waals surface area contributed by atoms with Gasteiger partial charge in [-0.15, -0.1) is 0 Å². The molecule has 2 fully saturated rings. The lowest BCUT2D eigenvalue weighted by molar-refractivity contribution is 0.0892. The van der Waals surface area contributed by atoms with Crippen molar-refractivity contribution in [2.75, 3.05) is 57.3 Å². The summed E-state index contributed by atoms with van der Waals surface area (Å²) < 4.78 is 13.9. The van der Waals surface area contributed by atoms with Gasteiger partial charge >= 0.3 is 6.03 Å². The summed E-state index contributed by atoms with van der Waals surface area (Å²) in [6.45, 7) is 5.28. The third-order valence-electron chi connectivity index (χ3n) is 5.62. The Morgan fingerprint density at radius 2 is 1.93 bits per heavy atom. The highest BCUT2D eigenvalue weighted by Gasteiger charge is 2.23. The number of carbonyl (C=O) groups is 1. The molecule has 27 heavy (non-hydrogen) atoms. The molecule has 6 nitrogen and oxygen atoms in total. The Morgan fingerprint density at radius 1 is 1.15 bits per heavy atom. The van der Waals surface area contributed by atoms with Crippen molar-refractivity contribution in [2.24, 2.45) is 0 Å². The Morgan fingerprint density at radius 3 is 2.67 bits per heavy atom. The van der Waals surface area contributed by atoms with Crippen LogP contribution in [0.3, 0.4) is 0 Å². The maximum Gasteiger partial charge on any atom is 0.317 e. The zero-order valence-corrected chi connectivity index (χ0v) is 15.9. The van der Waals surface area contributed by atoms with Gasteiger partial charge in [-0.3, -0.25) is 4.90 Å². The van der Waals surface area contributed by atoms with Crippen molar-refractivity contribution >= 4 is 11.7 Å². The Bertz CT molecular complexity index is 607. The van der Waals surface area contributed by atoms with E-state index in [1.165, 1.54) is 18.9 Å². The quantitative estimate of drug-likeness (QED) is 0.743. The molecule has 2 aliphatic heterocycles. The summed E-state index contributed by atoms with van der Waals surface area (Å²) in [5.74, 6) is -0.214. The molecule has 2 saturated heterocycles. The second-order valence-electron chi connectivity index (χ2n) is 7.38. The van der Waals surface area contributed by atoms with E-state index < -0.39 is 0 Å². The highest BCUT2D eigenvalue weighted by atomic mass is 19.1. The fraction of sp³-hybridized carbons (Fsp3) is 0.650. The van der Waals surface area contributed by atoms with E-state index in [4.69, 9.17) is 0 Å². The van der Waals surface area contributed by atoms with Crippen LogP contribution in [0.4, 0.5) is 14.9 Å². The van der Waals surface area contributed by atoms with Gasteiger partial charge in [0.25, 0.3) is 0 Å². The molecule has 0 bridgehead atoms. The van der Waals surface area contributed by atoms with Crippen LogP contribution in [0.15, 0.2) is 24.3 Å². The van der Waals surface area contributed by atoms with Gasteiger partial charge in [0.15, 0.2) is 0 Å². The molecule has 0 spiro atoms. The van der Waals surface area contributed by atoms with E-state index in [-0.39, 0.29) is 24.5 Å². The van der Waals surface area contributed by atoms with Gasteiger partial charge < -0.3 is 20.2 Å². The second-order valence-corrected chi connectivity index (χ2v) is 7.38. The monoisotopic (exact) mass is 378 g/mol. The van der Waals surface area contributed by atoms with Crippen LogP contribution in [-0.2, 0) is 0 Å². The number of rotatable bonds is 6. The molecule has 7 heteroatoms. The van der Waals surface area contributed by atoms with E-state index in [1.54, 1.807) is 17.0 Å². The summed E-state index contributed by atoms with van der Waals surface area (Å²) in [6, 6.07) is 7.02. The SMILES string of the molecule is O=C(NCCCN1CCCC[C@@H]1CO)N1CCN(c2ccccc2F)CC1. The fourth-order valence-electron chi connectivity index (χ4n) is 4.01. The maximum atomic E-state index is 13.9. The van der Waals surface area contributed by atoms with Gasteiger partial charge in [0, 0.05) is 45.3 Å². The number of anilines is 1. The molecule has 1 aromatic rings. The van der Waals surface area contributed by atoms with Crippen molar-refractivity contribution in [3.05, 3.63) is 30.1 Å². The van der Waals surface area contributed by atoms with E-state index in [1.807, 2.05) is 11.0 Å². The van der Waals surface area contributed by atoms with Crippen molar-refractivity contribution in [3.63, 3.8) is 0 Å². The van der Waals surface area contributed by atoms with Gasteiger partial charge in [0.05, 0.1) is 12.3 Å². The first-order valence-electron chi connectivity index (χ1n) is 10.1. The molecule has 0 aliphatic carbocycles. The standard InChI is InChI=1S/C20H31FN4O2/c21-18-7-1-2-8-19(18)24-12-14-25(15-13-24)20(27)22-9-5-11-23-10-4-3-6-17(23)16-26/h1-2,7-8,17,26H,3-6,9-16H2,(H,22,27)/t17-/m1/s1. The molecule has 2 aliphatic rings. The molecule has 0 aromatic heterocycles. The van der Waals surface area contributed by atoms with Crippen LogP contribution in [0.1, 0.15) is 25.7 Å². The number of benzene rings is 1. The van der Waals surface area contributed by atoms with Crippen molar-refractivity contribution in [1.82, 2.24) is 15.1 Å². The number of hydrogen-bond acceptors (Lipinski definition) is 4. The number of aliphatic hydroxyl groups excluding tert-OH is 1. The summed E-state index contributed by atoms with van der Waals surface area (Å²) in [4.78, 5) is 18.5. The predicted molar refractivity (Wildman–Crippen MR) is 104 cm³/mol. The largest absolute Gasteiger partial charge is 0.395 e. The van der Waals surface area contributed by atoms with Gasteiger partial charge in [-0.2, -0.15) is 0 Å². The summed E-state index contributed by atoms with van der Waals surface area (Å²) in [5.41, 5.74) is 0.609. The molecule has 1 aromatic carbocycles. The number of halogens is 1. The molecule has 0 unspecified atom stereocenters. The lowest BCUT2D eigenvalue weighted by Crippen LogP contribution is -2.52. The van der Waals surface area contributed by atoms with Crippen molar-refractivity contribution in [1.29, 1.82) is 0 Å². The lowest BCUT2D eigenvalue weighted by Gasteiger charge is -2.36. The lowest BCUT2D eigenvalue weighted by atomic mass is 10.0. The molecular weight excluding hydrogens is 347 g/mol. The van der Waals surface area contributed by atoms with Gasteiger partial charge in [0.2, 0.25) is 0 Å². The van der Waals surface area contributed by atoms with E-state index >= 15 is 0 Å². The molecule has 2 heterocycles. The molecule has 2 amide bonds. The van der Waals surface area contributed by atoms with E-state index in [0.29, 0.717) is 38.4 Å². The first kappa shape index (κ1) is 19.9. The average Bonchev–Trinajstić information content (AvgIpc) is 2.72. The van der Waals surface area contributed by atoms with E-state index in [9.17, 15) is 14.3 Å². The number of aliphatic hydroxyl groups is 1. The van der Waals surface area contributed by atoms with Gasteiger partial charge in [0.1, 0.15) is 5.82 Å². The average molecular weight is 378 g/mol. The second kappa shape index (κ2) is 9.90. The number of nitrogens with zero attached hydrogens (tertiary/aromatic N) is 3. The number of para-hydroxylation sites is 1. The van der Waals surface area contributed by atoms with Crippen LogP contribution in [0.5, 0.6) is 0 Å². The number of hydrogen-bond donors (Lipinski definition) is 2. The van der Waals surface area contributed by atoms with Crippen LogP contribution < -0.4 is 10.2 Å². The molecule has 0 saturated carbocycles. The van der Waals surface area contributed by atoms with Crippen LogP contribution in [0.2, 0.25) is 0 Å². The molecular formula is C20H31FN4O2. The Balaban J connectivity index is 1.35. The van der Waals surface area contributed by atoms with E-state index in [2.05, 4.69) is 10.2 Å². The number of piperazine rings is 1. The Hall–Kier alpha value is -1.86. The van der Waals surface area contributed by atoms with E-state index in [0.717, 1.165) is 25.9 Å². The third-order valence-corrected chi connectivity index (χ3v) is 5.62. The van der Waals surface area contributed by atoms with Crippen LogP contribution in [0, 0.1) is 5.82 Å². The zero-order valence-electron chi connectivity index (χ0n) is 15.9. The first-order valence-corrected chi connectivity index (χ1v) is 10.1. The minimum Gasteiger partial charge on any atom is -0.395 e. The zero-order chi connectivity index (χ0) is 19.1. The minimum absolute atomic E-state index is 0.0412. The van der Waals surface area contributed by atoms with Crippen molar-refractivity contribution in [3.8, 4) is 0 Å². The fourth-order valence-corrected chi connectivity index (χ4v) is 4.01. The molecule has 150 valence electrons. The Kier molecular flexibility index (Phi) is 7.29. The number of urea groups is 1. The smallest absolute Gasteiger partial charge is 0.317 e. The highest BCUT2D eigenvalue weighted by Crippen LogP contribution is 2.20. The maximum absolute atomic E-state index is 13.9. The summed E-state index contributed by atoms with van der Waals surface area (Å²) in [7, 11) is 0. The minimum atomic E-state index is -0.214. The number of likely N-dealkylation sites (tertiary alicyclic amines) is 1. The number of piperidine rings is 1. The summed E-state index contributed by atoms with van der Waals surface area (Å²) >= 11 is 0. The number of carbonyl (C=O) groups excluding carboxylic acids is 1. The van der Waals surface area contributed by atoms with Crippen LogP contribution in [0.25, 0.3) is 0 Å². The molecule has 2 N–H and O–H groups in total. The van der Waals surface area contributed by atoms with Crippen LogP contribution >= 0.6 is 0 Å². The first-order chi connectivity index (χ1) is 13.2. The summed E-state index contributed by atoms with van der Waals surface area (Å²) in [5, 5.41) is 12.4.